The first-order valence-electron chi connectivity index (χ1n) is 5.02. The maximum absolute atomic E-state index is 13.4. The molecule has 0 saturated heterocycles. The number of amidine groups is 1. The molecule has 1 N–H and O–H groups in total. The fourth-order valence-electron chi connectivity index (χ4n) is 1.44. The fourth-order valence-corrected chi connectivity index (χ4v) is 3.38. The highest BCUT2D eigenvalue weighted by Crippen LogP contribution is 2.29. The van der Waals surface area contributed by atoms with Crippen molar-refractivity contribution >= 4 is 38.5 Å². The van der Waals surface area contributed by atoms with Crippen molar-refractivity contribution in [2.45, 2.75) is 18.2 Å². The number of nitrogens with zero attached hydrogens (tertiary/aromatic N) is 1. The lowest BCUT2D eigenvalue weighted by Gasteiger charge is -2.08. The average Bonchev–Trinajstić information content (AvgIpc) is 2.62. The van der Waals surface area contributed by atoms with E-state index in [9.17, 15) is 4.39 Å². The number of aliphatic imine (C=N–C) groups is 1. The molecule has 86 valence electrons. The minimum absolute atomic E-state index is 0.249. The van der Waals surface area contributed by atoms with Crippen LogP contribution in [-0.2, 0) is 0 Å². The van der Waals surface area contributed by atoms with Crippen molar-refractivity contribution in [1.29, 1.82) is 0 Å². The normalized spacial score (nSPS) is 24.3. The van der Waals surface area contributed by atoms with Crippen LogP contribution in [0, 0.1) is 5.82 Å². The SMILES string of the molecule is CC1N=C(Nc2ccccc2F)SC1CBr. The number of thioether (sulfide) groups is 1. The van der Waals surface area contributed by atoms with Crippen molar-refractivity contribution in [2.24, 2.45) is 4.99 Å². The van der Waals surface area contributed by atoms with Gasteiger partial charge in [-0.15, -0.1) is 0 Å². The second kappa shape index (κ2) is 5.19. The standard InChI is InChI=1S/C11H12BrFN2S/c1-7-10(6-12)16-11(14-7)15-9-5-3-2-4-8(9)13/h2-5,7,10H,6H2,1H3,(H,14,15). The van der Waals surface area contributed by atoms with Crippen molar-refractivity contribution in [3.63, 3.8) is 0 Å². The van der Waals surface area contributed by atoms with Crippen LogP contribution in [0.15, 0.2) is 29.3 Å². The Kier molecular flexibility index (Phi) is 3.86. The number of halogens is 2. The quantitative estimate of drug-likeness (QED) is 0.846. The van der Waals surface area contributed by atoms with Gasteiger partial charge in [0.1, 0.15) is 5.82 Å². The number of para-hydroxylation sites is 1. The van der Waals surface area contributed by atoms with Crippen LogP contribution in [0.4, 0.5) is 10.1 Å². The molecule has 2 rings (SSSR count). The molecule has 1 aromatic rings. The number of benzene rings is 1. The Morgan fingerprint density at radius 2 is 2.25 bits per heavy atom. The predicted molar refractivity (Wildman–Crippen MR) is 72.1 cm³/mol. The summed E-state index contributed by atoms with van der Waals surface area (Å²) >= 11 is 5.10. The summed E-state index contributed by atoms with van der Waals surface area (Å²) in [5.74, 6) is -0.249. The zero-order valence-electron chi connectivity index (χ0n) is 8.78. The van der Waals surface area contributed by atoms with E-state index in [1.165, 1.54) is 6.07 Å². The van der Waals surface area contributed by atoms with Crippen LogP contribution in [-0.4, -0.2) is 21.8 Å². The highest BCUT2D eigenvalue weighted by Gasteiger charge is 2.26. The zero-order valence-corrected chi connectivity index (χ0v) is 11.2. The minimum atomic E-state index is -0.249. The molecule has 0 amide bonds. The van der Waals surface area contributed by atoms with Gasteiger partial charge in [-0.1, -0.05) is 39.8 Å². The molecule has 0 saturated carbocycles. The largest absolute Gasteiger partial charge is 0.333 e. The van der Waals surface area contributed by atoms with Crippen molar-refractivity contribution in [3.05, 3.63) is 30.1 Å². The molecule has 1 aromatic carbocycles. The van der Waals surface area contributed by atoms with Gasteiger partial charge in [0.25, 0.3) is 0 Å². The van der Waals surface area contributed by atoms with E-state index in [1.807, 2.05) is 0 Å². The van der Waals surface area contributed by atoms with Crippen LogP contribution in [0.3, 0.4) is 0 Å². The molecule has 16 heavy (non-hydrogen) atoms. The summed E-state index contributed by atoms with van der Waals surface area (Å²) in [6.45, 7) is 2.06. The van der Waals surface area contributed by atoms with E-state index in [-0.39, 0.29) is 11.9 Å². The van der Waals surface area contributed by atoms with Crippen LogP contribution in [0.5, 0.6) is 0 Å². The van der Waals surface area contributed by atoms with Crippen molar-refractivity contribution in [2.75, 3.05) is 10.6 Å². The molecule has 0 spiro atoms. The van der Waals surface area contributed by atoms with Gasteiger partial charge < -0.3 is 5.32 Å². The number of hydrogen-bond donors (Lipinski definition) is 1. The fraction of sp³-hybridized carbons (Fsp3) is 0.364. The van der Waals surface area contributed by atoms with Crippen LogP contribution >= 0.6 is 27.7 Å². The number of rotatable bonds is 2. The van der Waals surface area contributed by atoms with E-state index >= 15 is 0 Å². The number of hydrogen-bond acceptors (Lipinski definition) is 3. The predicted octanol–water partition coefficient (Wildman–Crippen LogP) is 3.49. The molecule has 0 aliphatic carbocycles. The molecule has 2 atom stereocenters. The monoisotopic (exact) mass is 302 g/mol. The van der Waals surface area contributed by atoms with Crippen molar-refractivity contribution in [1.82, 2.24) is 0 Å². The number of nitrogens with one attached hydrogen (secondary N) is 1. The van der Waals surface area contributed by atoms with Crippen LogP contribution in [0.1, 0.15) is 6.92 Å². The van der Waals surface area contributed by atoms with Gasteiger partial charge in [0.2, 0.25) is 0 Å². The second-order valence-corrected chi connectivity index (χ2v) is 5.47. The van der Waals surface area contributed by atoms with Gasteiger partial charge in [-0.05, 0) is 19.1 Å². The minimum Gasteiger partial charge on any atom is -0.333 e. The molecular weight excluding hydrogens is 291 g/mol. The average molecular weight is 303 g/mol. The highest BCUT2D eigenvalue weighted by atomic mass is 79.9. The third-order valence-electron chi connectivity index (χ3n) is 2.39. The van der Waals surface area contributed by atoms with Crippen molar-refractivity contribution < 1.29 is 4.39 Å². The molecule has 0 fully saturated rings. The lowest BCUT2D eigenvalue weighted by Crippen LogP contribution is -2.14. The van der Waals surface area contributed by atoms with E-state index < -0.39 is 0 Å². The molecule has 0 bridgehead atoms. The third kappa shape index (κ3) is 2.58. The molecular formula is C11H12BrFN2S. The number of alkyl halides is 1. The van der Waals surface area contributed by atoms with Gasteiger partial charge in [0.05, 0.1) is 11.7 Å². The molecule has 2 unspecified atom stereocenters. The summed E-state index contributed by atoms with van der Waals surface area (Å²) in [5.41, 5.74) is 0.483. The Bertz CT molecular complexity index is 411. The molecule has 1 aliphatic rings. The summed E-state index contributed by atoms with van der Waals surface area (Å²) in [6.07, 6.45) is 0. The molecule has 1 heterocycles. The van der Waals surface area contributed by atoms with Gasteiger partial charge in [-0.2, -0.15) is 0 Å². The van der Waals surface area contributed by atoms with Gasteiger partial charge in [-0.3, -0.25) is 4.99 Å². The van der Waals surface area contributed by atoms with Crippen molar-refractivity contribution in [3.8, 4) is 0 Å². The molecule has 0 aromatic heterocycles. The highest BCUT2D eigenvalue weighted by molar-refractivity contribution is 9.09. The van der Waals surface area contributed by atoms with E-state index in [1.54, 1.807) is 30.0 Å². The molecule has 2 nitrogen and oxygen atoms in total. The number of anilines is 1. The molecule has 0 radical (unpaired) electrons. The van der Waals surface area contributed by atoms with E-state index in [0.717, 1.165) is 10.5 Å². The lowest BCUT2D eigenvalue weighted by atomic mass is 10.3. The van der Waals surface area contributed by atoms with E-state index in [4.69, 9.17) is 0 Å². The molecule has 5 heteroatoms. The van der Waals surface area contributed by atoms with Gasteiger partial charge >= 0.3 is 0 Å². The molecule has 1 aliphatic heterocycles. The lowest BCUT2D eigenvalue weighted by molar-refractivity contribution is 0.632. The maximum Gasteiger partial charge on any atom is 0.161 e. The van der Waals surface area contributed by atoms with Crippen LogP contribution in [0.2, 0.25) is 0 Å². The second-order valence-electron chi connectivity index (χ2n) is 3.59. The zero-order chi connectivity index (χ0) is 11.5. The first kappa shape index (κ1) is 11.9. The summed E-state index contributed by atoms with van der Waals surface area (Å²) in [6, 6.07) is 6.89. The first-order valence-corrected chi connectivity index (χ1v) is 7.03. The summed E-state index contributed by atoms with van der Waals surface area (Å²) < 4.78 is 13.4. The Balaban J connectivity index is 2.07. The van der Waals surface area contributed by atoms with Crippen LogP contribution in [0.25, 0.3) is 0 Å². The summed E-state index contributed by atoms with van der Waals surface area (Å²) in [5, 5.41) is 5.13. The third-order valence-corrected chi connectivity index (χ3v) is 4.81. The van der Waals surface area contributed by atoms with E-state index in [2.05, 4.69) is 33.2 Å². The van der Waals surface area contributed by atoms with E-state index in [0.29, 0.717) is 10.9 Å². The maximum atomic E-state index is 13.4. The Morgan fingerprint density at radius 1 is 1.50 bits per heavy atom. The Morgan fingerprint density at radius 3 is 2.88 bits per heavy atom. The first-order chi connectivity index (χ1) is 7.70. The van der Waals surface area contributed by atoms with Gasteiger partial charge in [-0.25, -0.2) is 4.39 Å². The van der Waals surface area contributed by atoms with Gasteiger partial charge in [0, 0.05) is 10.6 Å². The Labute approximate surface area is 107 Å². The topological polar surface area (TPSA) is 24.4 Å². The Hall–Kier alpha value is -0.550. The summed E-state index contributed by atoms with van der Waals surface area (Å²) in [7, 11) is 0. The van der Waals surface area contributed by atoms with Gasteiger partial charge in [0.15, 0.2) is 5.17 Å². The van der Waals surface area contributed by atoms with Crippen LogP contribution < -0.4 is 5.32 Å². The summed E-state index contributed by atoms with van der Waals surface area (Å²) in [4.78, 5) is 4.45. The smallest absolute Gasteiger partial charge is 0.161 e.